The number of rotatable bonds is 0. The molecule has 0 aromatic rings. The summed E-state index contributed by atoms with van der Waals surface area (Å²) in [6, 6.07) is 0. The molecule has 1 aliphatic rings. The monoisotopic (exact) mass is 149 g/mol. The fraction of sp³-hybridized carbons (Fsp3) is 0.667. The molecule has 1 aliphatic heterocycles. The fourth-order valence-electron chi connectivity index (χ4n) is 0.278. The molecule has 1 rings (SSSR count). The smallest absolute Gasteiger partial charge is 0.173 e. The lowest BCUT2D eigenvalue weighted by atomic mass is 10.8. The average Bonchev–Trinajstić information content (AvgIpc) is 1.86. The summed E-state index contributed by atoms with van der Waals surface area (Å²) in [6.07, 6.45) is 1.46. The number of halogens is 1. The van der Waals surface area contributed by atoms with E-state index in [1.54, 1.807) is 0 Å². The van der Waals surface area contributed by atoms with E-state index in [4.69, 9.17) is 4.74 Å². The van der Waals surface area contributed by atoms with Gasteiger partial charge in [-0.3, -0.25) is 4.99 Å². The second kappa shape index (κ2) is 1.60. The van der Waals surface area contributed by atoms with Gasteiger partial charge in [0.2, 0.25) is 0 Å². The number of aliphatic imine (C=N–C) groups is 1. The van der Waals surface area contributed by atoms with E-state index in [9.17, 15) is 0 Å². The van der Waals surface area contributed by atoms with Crippen molar-refractivity contribution in [2.75, 3.05) is 6.54 Å². The zero-order valence-corrected chi connectivity index (χ0v) is 4.68. The first-order valence-corrected chi connectivity index (χ1v) is 2.59. The molecule has 1 unspecified atom stereocenters. The van der Waals surface area contributed by atoms with Crippen molar-refractivity contribution >= 4 is 22.3 Å². The van der Waals surface area contributed by atoms with Crippen LogP contribution in [0.1, 0.15) is 0 Å². The van der Waals surface area contributed by atoms with Gasteiger partial charge in [0, 0.05) is 0 Å². The van der Waals surface area contributed by atoms with Crippen LogP contribution in [-0.2, 0) is 4.74 Å². The molecule has 0 N–H and O–H groups in total. The van der Waals surface area contributed by atoms with Gasteiger partial charge in [-0.15, -0.1) is 0 Å². The predicted molar refractivity (Wildman–Crippen MR) is 27.2 cm³/mol. The highest BCUT2D eigenvalue weighted by Crippen LogP contribution is 2.04. The third kappa shape index (κ3) is 0.712. The highest BCUT2D eigenvalue weighted by molar-refractivity contribution is 9.09. The first-order valence-electron chi connectivity index (χ1n) is 1.67. The van der Waals surface area contributed by atoms with Gasteiger partial charge in [0.25, 0.3) is 0 Å². The lowest BCUT2D eigenvalue weighted by Crippen LogP contribution is -1.96. The van der Waals surface area contributed by atoms with Crippen molar-refractivity contribution in [2.24, 2.45) is 4.99 Å². The highest BCUT2D eigenvalue weighted by Gasteiger charge is 2.03. The minimum absolute atomic E-state index is 0.137. The molecule has 1 atom stereocenters. The molecule has 0 aliphatic carbocycles. The van der Waals surface area contributed by atoms with E-state index in [0.29, 0.717) is 0 Å². The van der Waals surface area contributed by atoms with Gasteiger partial charge in [-0.05, 0) is 15.9 Å². The minimum atomic E-state index is 0.137. The molecule has 0 aromatic carbocycles. The second-order valence-electron chi connectivity index (χ2n) is 1.02. The molecule has 0 saturated heterocycles. The third-order valence-corrected chi connectivity index (χ3v) is 1.04. The minimum Gasteiger partial charge on any atom is -0.467 e. The van der Waals surface area contributed by atoms with E-state index >= 15 is 0 Å². The Hall–Kier alpha value is -0.0500. The Labute approximate surface area is 44.3 Å². The molecule has 0 fully saturated rings. The SMILES string of the molecule is BrC1CN=CO1. The van der Waals surface area contributed by atoms with Gasteiger partial charge >= 0.3 is 0 Å². The summed E-state index contributed by atoms with van der Waals surface area (Å²) in [5.41, 5.74) is 0. The van der Waals surface area contributed by atoms with E-state index in [2.05, 4.69) is 20.9 Å². The fourth-order valence-corrected chi connectivity index (χ4v) is 0.542. The van der Waals surface area contributed by atoms with Crippen molar-refractivity contribution < 1.29 is 4.74 Å². The molecule has 0 spiro atoms. The van der Waals surface area contributed by atoms with Crippen LogP contribution < -0.4 is 0 Å². The molecule has 1 heterocycles. The Bertz CT molecular complexity index is 65.2. The Morgan fingerprint density at radius 2 is 2.83 bits per heavy atom. The van der Waals surface area contributed by atoms with E-state index in [-0.39, 0.29) is 5.01 Å². The van der Waals surface area contributed by atoms with Crippen LogP contribution in [0.2, 0.25) is 0 Å². The molecule has 2 nitrogen and oxygen atoms in total. The average molecular weight is 150 g/mol. The maximum Gasteiger partial charge on any atom is 0.173 e. The van der Waals surface area contributed by atoms with Gasteiger partial charge in [-0.1, -0.05) is 0 Å². The topological polar surface area (TPSA) is 21.6 Å². The second-order valence-corrected chi connectivity index (χ2v) is 2.04. The van der Waals surface area contributed by atoms with Crippen molar-refractivity contribution in [2.45, 2.75) is 5.01 Å². The Morgan fingerprint density at radius 3 is 3.00 bits per heavy atom. The van der Waals surface area contributed by atoms with Crippen LogP contribution in [0.4, 0.5) is 0 Å². The quantitative estimate of drug-likeness (QED) is 0.467. The largest absolute Gasteiger partial charge is 0.467 e. The summed E-state index contributed by atoms with van der Waals surface area (Å²) >= 11 is 3.19. The van der Waals surface area contributed by atoms with E-state index < -0.39 is 0 Å². The van der Waals surface area contributed by atoms with E-state index in [0.717, 1.165) is 6.54 Å². The zero-order chi connectivity index (χ0) is 4.41. The molecule has 34 valence electrons. The first kappa shape index (κ1) is 4.12. The van der Waals surface area contributed by atoms with Crippen molar-refractivity contribution in [3.8, 4) is 0 Å². The lowest BCUT2D eigenvalue weighted by Gasteiger charge is -1.92. The van der Waals surface area contributed by atoms with Crippen molar-refractivity contribution in [3.63, 3.8) is 0 Å². The molecule has 0 amide bonds. The van der Waals surface area contributed by atoms with Gasteiger partial charge in [0.15, 0.2) is 11.4 Å². The Morgan fingerprint density at radius 1 is 2.00 bits per heavy atom. The molecule has 0 aromatic heterocycles. The molecular weight excluding hydrogens is 146 g/mol. The van der Waals surface area contributed by atoms with E-state index in [1.165, 1.54) is 6.40 Å². The van der Waals surface area contributed by atoms with Gasteiger partial charge in [-0.25, -0.2) is 0 Å². The Balaban J connectivity index is 2.32. The van der Waals surface area contributed by atoms with Gasteiger partial charge in [0.1, 0.15) is 0 Å². The maximum absolute atomic E-state index is 4.78. The number of alkyl halides is 1. The maximum atomic E-state index is 4.78. The van der Waals surface area contributed by atoms with Crippen LogP contribution in [0.3, 0.4) is 0 Å². The Kier molecular flexibility index (Phi) is 1.10. The van der Waals surface area contributed by atoms with Crippen molar-refractivity contribution in [1.29, 1.82) is 0 Å². The van der Waals surface area contributed by atoms with Crippen LogP contribution in [0.25, 0.3) is 0 Å². The molecular formula is C3H4BrNO. The van der Waals surface area contributed by atoms with Crippen LogP contribution in [-0.4, -0.2) is 18.0 Å². The van der Waals surface area contributed by atoms with Crippen LogP contribution >= 0.6 is 15.9 Å². The molecule has 6 heavy (non-hydrogen) atoms. The standard InChI is InChI=1S/C3H4BrNO/c4-3-1-5-2-6-3/h2-3H,1H2. The third-order valence-electron chi connectivity index (χ3n) is 0.532. The van der Waals surface area contributed by atoms with Crippen LogP contribution in [0.15, 0.2) is 4.99 Å². The summed E-state index contributed by atoms with van der Waals surface area (Å²) in [6.45, 7) is 0.750. The summed E-state index contributed by atoms with van der Waals surface area (Å²) < 4.78 is 4.78. The molecule has 0 radical (unpaired) electrons. The zero-order valence-electron chi connectivity index (χ0n) is 3.10. The molecule has 3 heteroatoms. The number of hydrogen-bond acceptors (Lipinski definition) is 2. The van der Waals surface area contributed by atoms with Crippen LogP contribution in [0, 0.1) is 0 Å². The normalized spacial score (nSPS) is 30.5. The van der Waals surface area contributed by atoms with Gasteiger partial charge in [-0.2, -0.15) is 0 Å². The first-order chi connectivity index (χ1) is 2.89. The highest BCUT2D eigenvalue weighted by atomic mass is 79.9. The number of ether oxygens (including phenoxy) is 1. The number of nitrogens with zero attached hydrogens (tertiary/aromatic N) is 1. The predicted octanol–water partition coefficient (Wildman–Crippen LogP) is 0.766. The molecule has 0 saturated carbocycles. The van der Waals surface area contributed by atoms with Crippen molar-refractivity contribution in [1.82, 2.24) is 0 Å². The van der Waals surface area contributed by atoms with Crippen LogP contribution in [0.5, 0.6) is 0 Å². The number of hydrogen-bond donors (Lipinski definition) is 0. The summed E-state index contributed by atoms with van der Waals surface area (Å²) in [5.74, 6) is 0. The van der Waals surface area contributed by atoms with E-state index in [1.807, 2.05) is 0 Å². The lowest BCUT2D eigenvalue weighted by molar-refractivity contribution is 0.333. The summed E-state index contributed by atoms with van der Waals surface area (Å²) in [7, 11) is 0. The van der Waals surface area contributed by atoms with Gasteiger partial charge in [0.05, 0.1) is 6.54 Å². The summed E-state index contributed by atoms with van der Waals surface area (Å²) in [4.78, 5) is 3.77. The van der Waals surface area contributed by atoms with Gasteiger partial charge < -0.3 is 4.74 Å². The van der Waals surface area contributed by atoms with Crippen molar-refractivity contribution in [3.05, 3.63) is 0 Å². The molecule has 0 bridgehead atoms. The summed E-state index contributed by atoms with van der Waals surface area (Å²) in [5, 5.41) is 0.137.